The van der Waals surface area contributed by atoms with Crippen molar-refractivity contribution in [2.24, 2.45) is 5.92 Å². The quantitative estimate of drug-likeness (QED) is 0.614. The highest BCUT2D eigenvalue weighted by Gasteiger charge is 2.22. The molecule has 1 N–H and O–H groups in total. The third-order valence-corrected chi connectivity index (χ3v) is 5.11. The Morgan fingerprint density at radius 3 is 2.96 bits per heavy atom. The summed E-state index contributed by atoms with van der Waals surface area (Å²) in [5.74, 6) is 2.52. The molecule has 1 aliphatic rings. The lowest BCUT2D eigenvalue weighted by Crippen LogP contribution is -2.27. The van der Waals surface area contributed by atoms with Gasteiger partial charge in [-0.25, -0.2) is 0 Å². The fourth-order valence-electron chi connectivity index (χ4n) is 2.57. The van der Waals surface area contributed by atoms with Crippen LogP contribution in [0.3, 0.4) is 0 Å². The molecule has 26 heavy (non-hydrogen) atoms. The van der Waals surface area contributed by atoms with Crippen molar-refractivity contribution < 1.29 is 9.21 Å². The van der Waals surface area contributed by atoms with Gasteiger partial charge in [0, 0.05) is 24.5 Å². The van der Waals surface area contributed by atoms with Crippen molar-refractivity contribution >= 4 is 17.7 Å². The molecule has 1 saturated carbocycles. The molecule has 1 fully saturated rings. The number of nitrogens with zero attached hydrogens (tertiary/aromatic N) is 4. The summed E-state index contributed by atoms with van der Waals surface area (Å²) in [5, 5.41) is 12.2. The second-order valence-corrected chi connectivity index (χ2v) is 7.19. The molecule has 0 saturated heterocycles. The van der Waals surface area contributed by atoms with E-state index in [1.807, 2.05) is 28.8 Å². The summed E-state index contributed by atoms with van der Waals surface area (Å²) in [6, 6.07) is 7.55. The monoisotopic (exact) mass is 369 g/mol. The number of pyridine rings is 1. The summed E-state index contributed by atoms with van der Waals surface area (Å²) in [5.41, 5.74) is 0.872. The summed E-state index contributed by atoms with van der Waals surface area (Å²) in [6.07, 6.45) is 7.55. The van der Waals surface area contributed by atoms with Gasteiger partial charge in [0.05, 0.1) is 18.6 Å². The molecule has 0 unspecified atom stereocenters. The van der Waals surface area contributed by atoms with E-state index in [0.29, 0.717) is 29.2 Å². The van der Waals surface area contributed by atoms with Gasteiger partial charge in [-0.3, -0.25) is 14.3 Å². The van der Waals surface area contributed by atoms with Gasteiger partial charge in [0.15, 0.2) is 11.0 Å². The van der Waals surface area contributed by atoms with Crippen LogP contribution in [-0.4, -0.2) is 38.0 Å². The van der Waals surface area contributed by atoms with Crippen LogP contribution >= 0.6 is 11.8 Å². The lowest BCUT2D eigenvalue weighted by atomic mass is 10.2. The van der Waals surface area contributed by atoms with Crippen LogP contribution in [0.25, 0.3) is 11.4 Å². The molecule has 0 atom stereocenters. The number of amides is 1. The minimum Gasteiger partial charge on any atom is -0.467 e. The number of hydrogen-bond acceptors (Lipinski definition) is 6. The summed E-state index contributed by atoms with van der Waals surface area (Å²) in [7, 11) is 0. The average Bonchev–Trinajstić information content (AvgIpc) is 3.20. The maximum atomic E-state index is 12.0. The van der Waals surface area contributed by atoms with Crippen LogP contribution in [0, 0.1) is 5.92 Å². The van der Waals surface area contributed by atoms with Gasteiger partial charge in [-0.2, -0.15) is 0 Å². The van der Waals surface area contributed by atoms with E-state index in [-0.39, 0.29) is 5.91 Å². The number of carbonyl (C=O) groups is 1. The van der Waals surface area contributed by atoms with E-state index >= 15 is 0 Å². The molecule has 134 valence electrons. The third-order valence-electron chi connectivity index (χ3n) is 4.15. The van der Waals surface area contributed by atoms with Crippen molar-refractivity contribution in [1.82, 2.24) is 25.1 Å². The average molecular weight is 369 g/mol. The fraction of sp³-hybridized carbons (Fsp3) is 0.333. The van der Waals surface area contributed by atoms with E-state index in [1.54, 1.807) is 18.7 Å². The molecule has 0 aliphatic heterocycles. The van der Waals surface area contributed by atoms with Crippen molar-refractivity contribution in [3.63, 3.8) is 0 Å². The van der Waals surface area contributed by atoms with Gasteiger partial charge in [0.25, 0.3) is 0 Å². The van der Waals surface area contributed by atoms with E-state index < -0.39 is 0 Å². The number of rotatable bonds is 8. The van der Waals surface area contributed by atoms with Crippen LogP contribution in [0.4, 0.5) is 0 Å². The molecule has 0 radical (unpaired) electrons. The Kier molecular flexibility index (Phi) is 5.01. The highest BCUT2D eigenvalue weighted by Crippen LogP contribution is 2.28. The molecule has 4 rings (SSSR count). The van der Waals surface area contributed by atoms with Gasteiger partial charge >= 0.3 is 0 Å². The standard InChI is InChI=1S/C18H19N5O2S/c24-16(20-9-13-5-6-13)12-26-18-22-21-17(14-3-1-7-19-10-14)23(18)11-15-4-2-8-25-15/h1-4,7-8,10,13H,5-6,9,11-12H2,(H,20,24). The smallest absolute Gasteiger partial charge is 0.230 e. The van der Waals surface area contributed by atoms with E-state index in [1.165, 1.54) is 24.6 Å². The molecule has 3 aromatic rings. The maximum Gasteiger partial charge on any atom is 0.230 e. The highest BCUT2D eigenvalue weighted by molar-refractivity contribution is 7.99. The zero-order valence-electron chi connectivity index (χ0n) is 14.2. The fourth-order valence-corrected chi connectivity index (χ4v) is 3.33. The molecule has 0 aromatic carbocycles. The van der Waals surface area contributed by atoms with Crippen molar-refractivity contribution in [2.45, 2.75) is 24.5 Å². The molecule has 3 aromatic heterocycles. The number of hydrogen-bond donors (Lipinski definition) is 1. The number of thioether (sulfide) groups is 1. The van der Waals surface area contributed by atoms with Crippen LogP contribution in [0.5, 0.6) is 0 Å². The number of furan rings is 1. The van der Waals surface area contributed by atoms with Crippen LogP contribution in [0.15, 0.2) is 52.5 Å². The zero-order chi connectivity index (χ0) is 17.8. The van der Waals surface area contributed by atoms with E-state index in [4.69, 9.17) is 4.42 Å². The second kappa shape index (κ2) is 7.74. The van der Waals surface area contributed by atoms with Crippen LogP contribution in [0.2, 0.25) is 0 Å². The summed E-state index contributed by atoms with van der Waals surface area (Å²) in [4.78, 5) is 16.2. The number of carbonyl (C=O) groups excluding carboxylic acids is 1. The molecule has 0 spiro atoms. The first-order chi connectivity index (χ1) is 12.8. The molecule has 8 heteroatoms. The lowest BCUT2D eigenvalue weighted by Gasteiger charge is -2.09. The summed E-state index contributed by atoms with van der Waals surface area (Å²) < 4.78 is 7.42. The molecule has 3 heterocycles. The van der Waals surface area contributed by atoms with Gasteiger partial charge in [-0.15, -0.1) is 10.2 Å². The maximum absolute atomic E-state index is 12.0. The largest absolute Gasteiger partial charge is 0.467 e. The van der Waals surface area contributed by atoms with Gasteiger partial charge in [0.1, 0.15) is 5.76 Å². The van der Waals surface area contributed by atoms with Crippen molar-refractivity contribution in [3.8, 4) is 11.4 Å². The number of aromatic nitrogens is 4. The summed E-state index contributed by atoms with van der Waals surface area (Å²) in [6.45, 7) is 1.27. The zero-order valence-corrected chi connectivity index (χ0v) is 15.0. The van der Waals surface area contributed by atoms with Crippen LogP contribution < -0.4 is 5.32 Å². The molecular weight excluding hydrogens is 350 g/mol. The highest BCUT2D eigenvalue weighted by atomic mass is 32.2. The van der Waals surface area contributed by atoms with E-state index in [2.05, 4.69) is 20.5 Å². The van der Waals surface area contributed by atoms with Crippen LogP contribution in [-0.2, 0) is 11.3 Å². The Hall–Kier alpha value is -2.61. The predicted octanol–water partition coefficient (Wildman–Crippen LogP) is 2.60. The Labute approximate surface area is 155 Å². The first kappa shape index (κ1) is 16.8. The minimum atomic E-state index is 0.0253. The van der Waals surface area contributed by atoms with Gasteiger partial charge in [0.2, 0.25) is 5.91 Å². The van der Waals surface area contributed by atoms with Gasteiger partial charge in [-0.05, 0) is 43.0 Å². The predicted molar refractivity (Wildman–Crippen MR) is 97.5 cm³/mol. The SMILES string of the molecule is O=C(CSc1nnc(-c2cccnc2)n1Cc1ccco1)NCC1CC1. The molecule has 0 bridgehead atoms. The Morgan fingerprint density at radius 2 is 2.23 bits per heavy atom. The summed E-state index contributed by atoms with van der Waals surface area (Å²) >= 11 is 1.38. The number of nitrogens with one attached hydrogen (secondary N) is 1. The Balaban J connectivity index is 1.51. The van der Waals surface area contributed by atoms with Gasteiger partial charge < -0.3 is 9.73 Å². The minimum absolute atomic E-state index is 0.0253. The van der Waals surface area contributed by atoms with Crippen LogP contribution in [0.1, 0.15) is 18.6 Å². The van der Waals surface area contributed by atoms with E-state index in [9.17, 15) is 4.79 Å². The molecule has 7 nitrogen and oxygen atoms in total. The van der Waals surface area contributed by atoms with Crippen molar-refractivity contribution in [1.29, 1.82) is 0 Å². The van der Waals surface area contributed by atoms with Crippen molar-refractivity contribution in [3.05, 3.63) is 48.7 Å². The second-order valence-electron chi connectivity index (χ2n) is 6.25. The first-order valence-electron chi connectivity index (χ1n) is 8.55. The normalized spacial score (nSPS) is 13.7. The Morgan fingerprint density at radius 1 is 1.31 bits per heavy atom. The lowest BCUT2D eigenvalue weighted by molar-refractivity contribution is -0.118. The third kappa shape index (κ3) is 4.13. The molecule has 1 amide bonds. The van der Waals surface area contributed by atoms with Gasteiger partial charge in [-0.1, -0.05) is 11.8 Å². The Bertz CT molecular complexity index is 859. The first-order valence-corrected chi connectivity index (χ1v) is 9.53. The van der Waals surface area contributed by atoms with E-state index in [0.717, 1.165) is 17.9 Å². The molecular formula is C18H19N5O2S. The molecule has 1 aliphatic carbocycles. The van der Waals surface area contributed by atoms with Crippen molar-refractivity contribution in [2.75, 3.05) is 12.3 Å². The topological polar surface area (TPSA) is 85.8 Å².